The predicted molar refractivity (Wildman–Crippen MR) is 73.8 cm³/mol. The van der Waals surface area contributed by atoms with E-state index in [4.69, 9.17) is 4.74 Å². The molecule has 100 valence electrons. The highest BCUT2D eigenvalue weighted by atomic mass is 16.5. The number of hydrogen-bond donors (Lipinski definition) is 1. The lowest BCUT2D eigenvalue weighted by atomic mass is 10.3. The Balaban J connectivity index is 1.73. The number of rotatable bonds is 4. The van der Waals surface area contributed by atoms with Crippen molar-refractivity contribution in [2.45, 2.75) is 6.61 Å². The molecule has 3 aromatic rings. The second-order valence-corrected chi connectivity index (χ2v) is 4.24. The fourth-order valence-corrected chi connectivity index (χ4v) is 1.81. The van der Waals surface area contributed by atoms with Crippen molar-refractivity contribution in [2.75, 3.05) is 0 Å². The first-order valence-electron chi connectivity index (χ1n) is 6.20. The summed E-state index contributed by atoms with van der Waals surface area (Å²) in [6.45, 7) is 0.331. The normalized spacial score (nSPS) is 10.4. The minimum atomic E-state index is 0.160. The van der Waals surface area contributed by atoms with Gasteiger partial charge in [-0.15, -0.1) is 5.10 Å². The van der Waals surface area contributed by atoms with Crippen molar-refractivity contribution in [2.24, 2.45) is 0 Å². The first-order valence-corrected chi connectivity index (χ1v) is 6.20. The molecule has 0 bridgehead atoms. The Labute approximate surface area is 116 Å². The zero-order valence-corrected chi connectivity index (χ0v) is 10.7. The van der Waals surface area contributed by atoms with E-state index in [0.717, 1.165) is 5.75 Å². The maximum absolute atomic E-state index is 9.76. The minimum Gasteiger partial charge on any atom is -0.506 e. The maximum atomic E-state index is 9.76. The zero-order chi connectivity index (χ0) is 13.8. The van der Waals surface area contributed by atoms with E-state index >= 15 is 0 Å². The Morgan fingerprint density at radius 2 is 1.75 bits per heavy atom. The van der Waals surface area contributed by atoms with Gasteiger partial charge < -0.3 is 9.84 Å². The predicted octanol–water partition coefficient (Wildman–Crippen LogP) is 2.55. The highest BCUT2D eigenvalue weighted by molar-refractivity contribution is 5.44. The Hall–Kier alpha value is -2.82. The second kappa shape index (κ2) is 5.44. The molecule has 3 rings (SSSR count). The van der Waals surface area contributed by atoms with Crippen molar-refractivity contribution in [3.05, 3.63) is 66.5 Å². The summed E-state index contributed by atoms with van der Waals surface area (Å²) in [5.74, 6) is 0.942. The monoisotopic (exact) mass is 267 g/mol. The first-order chi connectivity index (χ1) is 9.83. The van der Waals surface area contributed by atoms with Crippen LogP contribution in [0, 0.1) is 0 Å². The summed E-state index contributed by atoms with van der Waals surface area (Å²) in [5, 5.41) is 17.8. The molecule has 0 saturated heterocycles. The largest absolute Gasteiger partial charge is 0.506 e. The fraction of sp³-hybridized carbons (Fsp3) is 0.0667. The second-order valence-electron chi connectivity index (χ2n) is 4.24. The van der Waals surface area contributed by atoms with E-state index in [1.165, 1.54) is 4.68 Å². The van der Waals surface area contributed by atoms with Crippen LogP contribution in [-0.4, -0.2) is 20.1 Å². The van der Waals surface area contributed by atoms with Crippen molar-refractivity contribution >= 4 is 0 Å². The number of aromatic nitrogens is 3. The van der Waals surface area contributed by atoms with Crippen LogP contribution < -0.4 is 4.74 Å². The third-order valence-electron chi connectivity index (χ3n) is 2.80. The summed E-state index contributed by atoms with van der Waals surface area (Å²) in [7, 11) is 0. The summed E-state index contributed by atoms with van der Waals surface area (Å²) in [6.07, 6.45) is 1.73. The topological polar surface area (TPSA) is 60.2 Å². The molecule has 0 atom stereocenters. The summed E-state index contributed by atoms with van der Waals surface area (Å²) < 4.78 is 7.12. The zero-order valence-electron chi connectivity index (χ0n) is 10.7. The van der Waals surface area contributed by atoms with Crippen molar-refractivity contribution in [3.8, 4) is 17.2 Å². The van der Waals surface area contributed by atoms with Crippen LogP contribution in [0.1, 0.15) is 5.69 Å². The van der Waals surface area contributed by atoms with Gasteiger partial charge in [0.2, 0.25) is 0 Å². The number of ether oxygens (including phenoxy) is 1. The van der Waals surface area contributed by atoms with Crippen LogP contribution in [0.2, 0.25) is 0 Å². The van der Waals surface area contributed by atoms with E-state index in [1.54, 1.807) is 24.4 Å². The average molecular weight is 267 g/mol. The van der Waals surface area contributed by atoms with Crippen LogP contribution in [0.4, 0.5) is 0 Å². The maximum Gasteiger partial charge on any atom is 0.141 e. The molecule has 1 heterocycles. The molecule has 0 fully saturated rings. The molecule has 20 heavy (non-hydrogen) atoms. The quantitative estimate of drug-likeness (QED) is 0.789. The van der Waals surface area contributed by atoms with Crippen molar-refractivity contribution in [3.63, 3.8) is 0 Å². The van der Waals surface area contributed by atoms with E-state index in [-0.39, 0.29) is 5.75 Å². The molecule has 0 unspecified atom stereocenters. The molecule has 0 aliphatic heterocycles. The Bertz CT molecular complexity index is 695. The van der Waals surface area contributed by atoms with Crippen LogP contribution >= 0.6 is 0 Å². The molecule has 1 N–H and O–H groups in total. The Kier molecular flexibility index (Phi) is 3.33. The third kappa shape index (κ3) is 2.61. The molecule has 0 aliphatic rings. The standard InChI is InChI=1S/C15H13N3O2/c19-15-9-5-4-8-14(15)18-10-12(16-17-18)11-20-13-6-2-1-3-7-13/h1-10,19H,11H2. The summed E-state index contributed by atoms with van der Waals surface area (Å²) >= 11 is 0. The molecule has 5 nitrogen and oxygen atoms in total. The van der Waals surface area contributed by atoms with Gasteiger partial charge in [0, 0.05) is 0 Å². The molecule has 1 aromatic heterocycles. The fourth-order valence-electron chi connectivity index (χ4n) is 1.81. The van der Waals surface area contributed by atoms with Crippen LogP contribution in [0.25, 0.3) is 5.69 Å². The molecule has 5 heteroatoms. The molecule has 0 aliphatic carbocycles. The highest BCUT2D eigenvalue weighted by Crippen LogP contribution is 2.19. The minimum absolute atomic E-state index is 0.160. The summed E-state index contributed by atoms with van der Waals surface area (Å²) in [6, 6.07) is 16.5. The molecular formula is C15H13N3O2. The van der Waals surface area contributed by atoms with Crippen molar-refractivity contribution in [1.29, 1.82) is 0 Å². The molecule has 0 radical (unpaired) electrons. The molecule has 0 saturated carbocycles. The van der Waals surface area contributed by atoms with Crippen molar-refractivity contribution < 1.29 is 9.84 Å². The number of nitrogens with zero attached hydrogens (tertiary/aromatic N) is 3. The number of phenolic OH excluding ortho intramolecular Hbond substituents is 1. The van der Waals surface area contributed by atoms with Gasteiger partial charge in [0.1, 0.15) is 29.5 Å². The lowest BCUT2D eigenvalue weighted by Gasteiger charge is -2.03. The van der Waals surface area contributed by atoms with E-state index in [0.29, 0.717) is 18.0 Å². The summed E-state index contributed by atoms with van der Waals surface area (Å²) in [5.41, 5.74) is 1.28. The first kappa shape index (κ1) is 12.2. The number of phenols is 1. The molecule has 2 aromatic carbocycles. The van der Waals surface area contributed by atoms with Crippen LogP contribution in [0.3, 0.4) is 0 Å². The van der Waals surface area contributed by atoms with Crippen LogP contribution in [-0.2, 0) is 6.61 Å². The molecule has 0 spiro atoms. The lowest BCUT2D eigenvalue weighted by Crippen LogP contribution is -1.95. The van der Waals surface area contributed by atoms with Gasteiger partial charge in [-0.1, -0.05) is 35.5 Å². The smallest absolute Gasteiger partial charge is 0.141 e. The van der Waals surface area contributed by atoms with Gasteiger partial charge in [-0.2, -0.15) is 0 Å². The van der Waals surface area contributed by atoms with E-state index < -0.39 is 0 Å². The van der Waals surface area contributed by atoms with Gasteiger partial charge in [-0.05, 0) is 24.3 Å². The van der Waals surface area contributed by atoms with Gasteiger partial charge in [0.25, 0.3) is 0 Å². The SMILES string of the molecule is Oc1ccccc1-n1cc(COc2ccccc2)nn1. The molecule has 0 amide bonds. The van der Waals surface area contributed by atoms with Gasteiger partial charge in [-0.25, -0.2) is 4.68 Å². The number of benzene rings is 2. The van der Waals surface area contributed by atoms with Crippen molar-refractivity contribution in [1.82, 2.24) is 15.0 Å². The number of hydrogen-bond acceptors (Lipinski definition) is 4. The Morgan fingerprint density at radius 1 is 1.00 bits per heavy atom. The summed E-state index contributed by atoms with van der Waals surface area (Å²) in [4.78, 5) is 0. The van der Waals surface area contributed by atoms with Gasteiger partial charge in [-0.3, -0.25) is 0 Å². The van der Waals surface area contributed by atoms with Crippen LogP contribution in [0.5, 0.6) is 11.5 Å². The van der Waals surface area contributed by atoms with Gasteiger partial charge >= 0.3 is 0 Å². The lowest BCUT2D eigenvalue weighted by molar-refractivity contribution is 0.301. The Morgan fingerprint density at radius 3 is 2.55 bits per heavy atom. The third-order valence-corrected chi connectivity index (χ3v) is 2.80. The van der Waals surface area contributed by atoms with E-state index in [9.17, 15) is 5.11 Å². The van der Waals surface area contributed by atoms with E-state index in [2.05, 4.69) is 10.3 Å². The number of para-hydroxylation sites is 3. The highest BCUT2D eigenvalue weighted by Gasteiger charge is 2.06. The van der Waals surface area contributed by atoms with E-state index in [1.807, 2.05) is 36.4 Å². The molecular weight excluding hydrogens is 254 g/mol. The average Bonchev–Trinajstić information content (AvgIpc) is 2.95. The van der Waals surface area contributed by atoms with Gasteiger partial charge in [0.15, 0.2) is 0 Å². The number of aromatic hydroxyl groups is 1. The van der Waals surface area contributed by atoms with Crippen LogP contribution in [0.15, 0.2) is 60.8 Å². The van der Waals surface area contributed by atoms with Gasteiger partial charge in [0.05, 0.1) is 6.20 Å².